The first-order chi connectivity index (χ1) is 14.5. The van der Waals surface area contributed by atoms with Crippen molar-refractivity contribution in [3.63, 3.8) is 0 Å². The van der Waals surface area contributed by atoms with Crippen LogP contribution in [0.2, 0.25) is 0 Å². The molecule has 0 fully saturated rings. The lowest BCUT2D eigenvalue weighted by molar-refractivity contribution is 0.0467. The van der Waals surface area contributed by atoms with Gasteiger partial charge in [-0.1, -0.05) is 19.9 Å². The molecule has 2 heterocycles. The van der Waals surface area contributed by atoms with Crippen molar-refractivity contribution in [1.29, 1.82) is 0 Å². The van der Waals surface area contributed by atoms with Crippen LogP contribution in [0.25, 0.3) is 5.65 Å². The molecule has 3 rings (SSSR count). The van der Waals surface area contributed by atoms with Crippen LogP contribution in [0.5, 0.6) is 11.5 Å². The van der Waals surface area contributed by atoms with Gasteiger partial charge in [0.1, 0.15) is 12.3 Å². The predicted molar refractivity (Wildman–Crippen MR) is 113 cm³/mol. The Morgan fingerprint density at radius 2 is 1.73 bits per heavy atom. The van der Waals surface area contributed by atoms with Crippen LogP contribution in [0.15, 0.2) is 47.4 Å². The van der Waals surface area contributed by atoms with Crippen LogP contribution in [-0.2, 0) is 11.3 Å². The number of carbonyl (C=O) groups excluding carboxylic acids is 1. The molecule has 2 aromatic heterocycles. The molecule has 3 aromatic rings. The molecule has 0 aliphatic carbocycles. The maximum atomic E-state index is 12.5. The standard InChI is InChI=1S/C23H26N2O5/c1-4-10-28-19-8-7-17(12-20(19)29-11-5-2)23(27)30-15-18-13-22(26)25-14-16(3)6-9-21(25)24-18/h6-9,12-14H,4-5,10-11,15H2,1-3H3. The first-order valence-corrected chi connectivity index (χ1v) is 10.1. The maximum Gasteiger partial charge on any atom is 0.338 e. The summed E-state index contributed by atoms with van der Waals surface area (Å²) in [5, 5.41) is 0. The highest BCUT2D eigenvalue weighted by Crippen LogP contribution is 2.29. The normalized spacial score (nSPS) is 10.8. The number of pyridine rings is 1. The van der Waals surface area contributed by atoms with Crippen LogP contribution >= 0.6 is 0 Å². The molecule has 0 radical (unpaired) electrons. The minimum Gasteiger partial charge on any atom is -0.490 e. The second-order valence-electron chi connectivity index (χ2n) is 6.95. The number of hydrogen-bond acceptors (Lipinski definition) is 6. The molecule has 30 heavy (non-hydrogen) atoms. The van der Waals surface area contributed by atoms with E-state index < -0.39 is 5.97 Å². The quantitative estimate of drug-likeness (QED) is 0.497. The highest BCUT2D eigenvalue weighted by Gasteiger charge is 2.14. The van der Waals surface area contributed by atoms with E-state index in [1.807, 2.05) is 26.8 Å². The monoisotopic (exact) mass is 410 g/mol. The molecule has 0 saturated carbocycles. The summed E-state index contributed by atoms with van der Waals surface area (Å²) in [6, 6.07) is 9.97. The van der Waals surface area contributed by atoms with Gasteiger partial charge in [-0.25, -0.2) is 9.78 Å². The molecular weight excluding hydrogens is 384 g/mol. The van der Waals surface area contributed by atoms with Crippen molar-refractivity contribution in [2.45, 2.75) is 40.2 Å². The van der Waals surface area contributed by atoms with E-state index >= 15 is 0 Å². The molecule has 0 bridgehead atoms. The van der Waals surface area contributed by atoms with Gasteiger partial charge in [-0.2, -0.15) is 0 Å². The number of rotatable bonds is 9. The van der Waals surface area contributed by atoms with Crippen molar-refractivity contribution in [2.24, 2.45) is 0 Å². The van der Waals surface area contributed by atoms with E-state index in [1.165, 1.54) is 10.5 Å². The first kappa shape index (κ1) is 21.4. The summed E-state index contributed by atoms with van der Waals surface area (Å²) in [6.45, 7) is 6.91. The minimum atomic E-state index is -0.524. The van der Waals surface area contributed by atoms with Crippen LogP contribution in [0.3, 0.4) is 0 Å². The first-order valence-electron chi connectivity index (χ1n) is 10.1. The zero-order chi connectivity index (χ0) is 21.5. The number of nitrogens with zero attached hydrogens (tertiary/aromatic N) is 2. The Labute approximate surface area is 175 Å². The average Bonchev–Trinajstić information content (AvgIpc) is 2.75. The van der Waals surface area contributed by atoms with Gasteiger partial charge in [-0.15, -0.1) is 0 Å². The fraction of sp³-hybridized carbons (Fsp3) is 0.348. The van der Waals surface area contributed by atoms with Crippen LogP contribution in [-0.4, -0.2) is 28.6 Å². The summed E-state index contributed by atoms with van der Waals surface area (Å²) in [5.41, 5.74) is 1.98. The van der Waals surface area contributed by atoms with E-state index in [-0.39, 0.29) is 12.2 Å². The number of benzene rings is 1. The largest absolute Gasteiger partial charge is 0.490 e. The summed E-state index contributed by atoms with van der Waals surface area (Å²) in [6.07, 6.45) is 3.43. The zero-order valence-corrected chi connectivity index (χ0v) is 17.5. The van der Waals surface area contributed by atoms with Gasteiger partial charge in [0.2, 0.25) is 0 Å². The topological polar surface area (TPSA) is 79.1 Å². The summed E-state index contributed by atoms with van der Waals surface area (Å²) >= 11 is 0. The molecule has 0 N–H and O–H groups in total. The van der Waals surface area contributed by atoms with Gasteiger partial charge in [-0.3, -0.25) is 9.20 Å². The third-order valence-corrected chi connectivity index (χ3v) is 4.31. The molecule has 0 unspecified atom stereocenters. The number of esters is 1. The Morgan fingerprint density at radius 3 is 2.47 bits per heavy atom. The Balaban J connectivity index is 1.74. The van der Waals surface area contributed by atoms with E-state index in [0.717, 1.165) is 18.4 Å². The molecule has 7 heteroatoms. The minimum absolute atomic E-state index is 0.0995. The Bertz CT molecular complexity index is 1090. The van der Waals surface area contributed by atoms with Gasteiger partial charge < -0.3 is 14.2 Å². The van der Waals surface area contributed by atoms with E-state index in [4.69, 9.17) is 14.2 Å². The van der Waals surface area contributed by atoms with E-state index in [1.54, 1.807) is 30.5 Å². The lowest BCUT2D eigenvalue weighted by Gasteiger charge is -2.13. The Morgan fingerprint density at radius 1 is 1.00 bits per heavy atom. The van der Waals surface area contributed by atoms with Crippen LogP contribution in [0.1, 0.15) is 48.3 Å². The lowest BCUT2D eigenvalue weighted by atomic mass is 10.2. The molecule has 158 valence electrons. The summed E-state index contributed by atoms with van der Waals surface area (Å²) in [7, 11) is 0. The van der Waals surface area contributed by atoms with Crippen LogP contribution < -0.4 is 15.0 Å². The molecular formula is C23H26N2O5. The second kappa shape index (κ2) is 9.91. The fourth-order valence-electron chi connectivity index (χ4n) is 2.85. The Kier molecular flexibility index (Phi) is 7.06. The molecule has 1 aromatic carbocycles. The van der Waals surface area contributed by atoms with Gasteiger partial charge in [0.25, 0.3) is 5.56 Å². The van der Waals surface area contributed by atoms with Crippen molar-refractivity contribution in [2.75, 3.05) is 13.2 Å². The molecule has 0 saturated heterocycles. The van der Waals surface area contributed by atoms with Crippen molar-refractivity contribution < 1.29 is 19.0 Å². The van der Waals surface area contributed by atoms with Crippen molar-refractivity contribution in [3.8, 4) is 11.5 Å². The van der Waals surface area contributed by atoms with E-state index in [2.05, 4.69) is 4.98 Å². The number of aryl methyl sites for hydroxylation is 1. The molecule has 0 amide bonds. The number of ether oxygens (including phenoxy) is 3. The molecule has 0 aliphatic rings. The third-order valence-electron chi connectivity index (χ3n) is 4.31. The van der Waals surface area contributed by atoms with Crippen LogP contribution in [0.4, 0.5) is 0 Å². The summed E-state index contributed by atoms with van der Waals surface area (Å²) in [5.74, 6) is 0.586. The Hall–Kier alpha value is -3.35. The lowest BCUT2D eigenvalue weighted by Crippen LogP contribution is -2.17. The SMILES string of the molecule is CCCOc1ccc(C(=O)OCc2cc(=O)n3cc(C)ccc3n2)cc1OCCC. The second-order valence-corrected chi connectivity index (χ2v) is 6.95. The number of aromatic nitrogens is 2. The van der Waals surface area contributed by atoms with Gasteiger partial charge in [-0.05, 0) is 49.6 Å². The van der Waals surface area contributed by atoms with Crippen molar-refractivity contribution in [3.05, 3.63) is 69.8 Å². The van der Waals surface area contributed by atoms with Gasteiger partial charge in [0, 0.05) is 12.3 Å². The van der Waals surface area contributed by atoms with E-state index in [0.29, 0.717) is 41.6 Å². The van der Waals surface area contributed by atoms with Gasteiger partial charge in [0.05, 0.1) is 24.5 Å². The maximum absolute atomic E-state index is 12.5. The average molecular weight is 410 g/mol. The fourth-order valence-corrected chi connectivity index (χ4v) is 2.85. The third kappa shape index (κ3) is 5.17. The number of fused-ring (bicyclic) bond motifs is 1. The molecule has 7 nitrogen and oxygen atoms in total. The van der Waals surface area contributed by atoms with E-state index in [9.17, 15) is 9.59 Å². The van der Waals surface area contributed by atoms with Crippen molar-refractivity contribution >= 4 is 11.6 Å². The number of hydrogen-bond donors (Lipinski definition) is 0. The summed E-state index contributed by atoms with van der Waals surface area (Å²) < 4.78 is 18.2. The predicted octanol–water partition coefficient (Wildman–Crippen LogP) is 3.94. The highest BCUT2D eigenvalue weighted by atomic mass is 16.5. The summed E-state index contributed by atoms with van der Waals surface area (Å²) in [4.78, 5) is 29.2. The molecule has 0 aliphatic heterocycles. The van der Waals surface area contributed by atoms with Gasteiger partial charge >= 0.3 is 5.97 Å². The van der Waals surface area contributed by atoms with Crippen molar-refractivity contribution in [1.82, 2.24) is 9.38 Å². The number of carbonyl (C=O) groups is 1. The zero-order valence-electron chi connectivity index (χ0n) is 17.5. The molecule has 0 spiro atoms. The van der Waals surface area contributed by atoms with Crippen LogP contribution in [0, 0.1) is 6.92 Å². The van der Waals surface area contributed by atoms with Gasteiger partial charge in [0.15, 0.2) is 11.5 Å². The highest BCUT2D eigenvalue weighted by molar-refractivity contribution is 5.90. The smallest absolute Gasteiger partial charge is 0.338 e. The molecule has 0 atom stereocenters.